The predicted octanol–water partition coefficient (Wildman–Crippen LogP) is 1.49. The molecule has 0 aliphatic rings. The second-order valence-corrected chi connectivity index (χ2v) is 3.83. The lowest BCUT2D eigenvalue weighted by Gasteiger charge is -1.92. The highest BCUT2D eigenvalue weighted by Crippen LogP contribution is 2.11. The summed E-state index contributed by atoms with van der Waals surface area (Å²) in [6.07, 6.45) is 1.42. The summed E-state index contributed by atoms with van der Waals surface area (Å²) < 4.78 is 0. The molecular weight excluding hydrogens is 284 g/mol. The molecule has 0 saturated heterocycles. The standard InChI is InChI=1S/C7H5NO4.C5H9NO3/c9-7(10)5-1-3-6(4-2-5)8(11)12;1-5(2-3-7)4-6(8)9/h1-4H,(H,9,10);2,7H,3-4H2,1H3. The topological polar surface area (TPSA) is 144 Å². The molecule has 0 amide bonds. The largest absolute Gasteiger partial charge is 0.478 e. The average Bonchev–Trinajstić information content (AvgIpc) is 2.38. The summed E-state index contributed by atoms with van der Waals surface area (Å²) >= 11 is 0. The van der Waals surface area contributed by atoms with Gasteiger partial charge in [-0.1, -0.05) is 6.08 Å². The summed E-state index contributed by atoms with van der Waals surface area (Å²) in [5.74, 6) is -1.09. The van der Waals surface area contributed by atoms with Crippen LogP contribution in [0.3, 0.4) is 0 Å². The van der Waals surface area contributed by atoms with Crippen molar-refractivity contribution in [2.24, 2.45) is 0 Å². The van der Waals surface area contributed by atoms with E-state index in [0.717, 1.165) is 12.1 Å². The first-order valence-electron chi connectivity index (χ1n) is 5.64. The van der Waals surface area contributed by atoms with E-state index in [9.17, 15) is 25.0 Å². The van der Waals surface area contributed by atoms with Crippen molar-refractivity contribution in [1.82, 2.24) is 0 Å². The number of non-ortho nitro benzene ring substituents is 1. The van der Waals surface area contributed by atoms with E-state index in [1.54, 1.807) is 6.92 Å². The number of nitro groups is 2. The Labute approximate surface area is 119 Å². The second kappa shape index (κ2) is 9.15. The van der Waals surface area contributed by atoms with Crippen molar-refractivity contribution in [2.75, 3.05) is 13.2 Å². The van der Waals surface area contributed by atoms with E-state index in [1.165, 1.54) is 18.2 Å². The summed E-state index contributed by atoms with van der Waals surface area (Å²) in [4.78, 5) is 29.2. The molecule has 0 saturated carbocycles. The molecule has 0 spiro atoms. The Hall–Kier alpha value is -2.81. The number of nitro benzene ring substituents is 1. The van der Waals surface area contributed by atoms with Crippen LogP contribution in [0.25, 0.3) is 0 Å². The van der Waals surface area contributed by atoms with Crippen LogP contribution in [0.4, 0.5) is 5.69 Å². The number of nitrogens with zero attached hydrogens (tertiary/aromatic N) is 2. The van der Waals surface area contributed by atoms with Gasteiger partial charge in [-0.05, 0) is 24.6 Å². The highest BCUT2D eigenvalue weighted by atomic mass is 16.6. The number of aromatic carboxylic acids is 1. The maximum Gasteiger partial charge on any atom is 0.335 e. The van der Waals surface area contributed by atoms with Crippen LogP contribution in [0.15, 0.2) is 35.9 Å². The summed E-state index contributed by atoms with van der Waals surface area (Å²) in [5, 5.41) is 36.6. The minimum atomic E-state index is -1.09. The van der Waals surface area contributed by atoms with Gasteiger partial charge in [0.25, 0.3) is 5.69 Å². The van der Waals surface area contributed by atoms with E-state index in [4.69, 9.17) is 10.2 Å². The van der Waals surface area contributed by atoms with E-state index in [2.05, 4.69) is 0 Å². The zero-order valence-electron chi connectivity index (χ0n) is 11.1. The van der Waals surface area contributed by atoms with Crippen LogP contribution in [0.5, 0.6) is 0 Å². The smallest absolute Gasteiger partial charge is 0.335 e. The maximum atomic E-state index is 10.3. The molecule has 0 aliphatic heterocycles. The van der Waals surface area contributed by atoms with Crippen LogP contribution in [0, 0.1) is 20.2 Å². The van der Waals surface area contributed by atoms with E-state index < -0.39 is 15.8 Å². The highest BCUT2D eigenvalue weighted by molar-refractivity contribution is 5.87. The van der Waals surface area contributed by atoms with Crippen LogP contribution in [0.1, 0.15) is 17.3 Å². The molecule has 9 heteroatoms. The Morgan fingerprint density at radius 3 is 2.10 bits per heavy atom. The molecule has 0 atom stereocenters. The molecule has 0 aromatic heterocycles. The van der Waals surface area contributed by atoms with E-state index in [1.807, 2.05) is 0 Å². The number of aliphatic hydroxyl groups is 1. The molecule has 1 rings (SSSR count). The molecule has 0 heterocycles. The first-order chi connectivity index (χ1) is 9.77. The second-order valence-electron chi connectivity index (χ2n) is 3.83. The number of aliphatic hydroxyl groups excluding tert-OH is 1. The number of carboxylic acids is 1. The van der Waals surface area contributed by atoms with Gasteiger partial charge in [0.2, 0.25) is 6.54 Å². The zero-order valence-corrected chi connectivity index (χ0v) is 11.1. The fourth-order valence-electron chi connectivity index (χ4n) is 1.15. The normalized spacial score (nSPS) is 10.3. The highest BCUT2D eigenvalue weighted by Gasteiger charge is 2.06. The fraction of sp³-hybridized carbons (Fsp3) is 0.250. The van der Waals surface area contributed by atoms with Gasteiger partial charge in [-0.25, -0.2) is 4.79 Å². The van der Waals surface area contributed by atoms with Crippen LogP contribution in [-0.4, -0.2) is 39.2 Å². The number of carboxylic acid groups (broad SMARTS) is 1. The Kier molecular flexibility index (Phi) is 7.93. The van der Waals surface area contributed by atoms with Crippen molar-refractivity contribution < 1.29 is 24.9 Å². The summed E-state index contributed by atoms with van der Waals surface area (Å²) in [6.45, 7) is 1.30. The SMILES string of the molecule is CC(=CCO)C[N+](=O)[O-].O=C(O)c1ccc([N+](=O)[O-])cc1. The van der Waals surface area contributed by atoms with Crippen molar-refractivity contribution in [3.05, 3.63) is 61.7 Å². The maximum absolute atomic E-state index is 10.3. The third-order valence-electron chi connectivity index (χ3n) is 2.14. The quantitative estimate of drug-likeness (QED) is 0.476. The van der Waals surface area contributed by atoms with Gasteiger partial charge in [0.1, 0.15) is 0 Å². The van der Waals surface area contributed by atoms with Crippen LogP contribution >= 0.6 is 0 Å². The molecule has 1 aromatic rings. The van der Waals surface area contributed by atoms with Gasteiger partial charge in [0.15, 0.2) is 0 Å². The number of hydrogen-bond donors (Lipinski definition) is 2. The summed E-state index contributed by atoms with van der Waals surface area (Å²) in [7, 11) is 0. The Balaban J connectivity index is 0.000000400. The monoisotopic (exact) mass is 298 g/mol. The molecule has 0 aliphatic carbocycles. The van der Waals surface area contributed by atoms with Gasteiger partial charge >= 0.3 is 5.97 Å². The van der Waals surface area contributed by atoms with Gasteiger partial charge in [0.05, 0.1) is 17.1 Å². The Morgan fingerprint density at radius 1 is 1.24 bits per heavy atom. The van der Waals surface area contributed by atoms with Gasteiger partial charge in [-0.15, -0.1) is 0 Å². The van der Waals surface area contributed by atoms with Crippen LogP contribution in [-0.2, 0) is 0 Å². The number of rotatable bonds is 5. The molecule has 0 radical (unpaired) electrons. The van der Waals surface area contributed by atoms with Gasteiger partial charge in [0, 0.05) is 17.1 Å². The van der Waals surface area contributed by atoms with Crippen molar-refractivity contribution in [3.63, 3.8) is 0 Å². The molecule has 114 valence electrons. The summed E-state index contributed by atoms with van der Waals surface area (Å²) in [5.41, 5.74) is 0.517. The number of hydrogen-bond acceptors (Lipinski definition) is 6. The van der Waals surface area contributed by atoms with E-state index in [0.29, 0.717) is 5.57 Å². The van der Waals surface area contributed by atoms with Crippen LogP contribution in [0.2, 0.25) is 0 Å². The molecule has 1 aromatic carbocycles. The molecule has 21 heavy (non-hydrogen) atoms. The Morgan fingerprint density at radius 2 is 1.76 bits per heavy atom. The molecule has 9 nitrogen and oxygen atoms in total. The number of benzene rings is 1. The molecule has 0 unspecified atom stereocenters. The fourth-order valence-corrected chi connectivity index (χ4v) is 1.15. The molecule has 2 N–H and O–H groups in total. The molecule has 0 fully saturated rings. The van der Waals surface area contributed by atoms with Gasteiger partial charge in [-0.3, -0.25) is 20.2 Å². The summed E-state index contributed by atoms with van der Waals surface area (Å²) in [6, 6.07) is 4.70. The Bertz CT molecular complexity index is 504. The van der Waals surface area contributed by atoms with Gasteiger partial charge in [-0.2, -0.15) is 0 Å². The lowest BCUT2D eigenvalue weighted by atomic mass is 10.2. The van der Waals surface area contributed by atoms with Crippen molar-refractivity contribution in [1.29, 1.82) is 0 Å². The average molecular weight is 298 g/mol. The lowest BCUT2D eigenvalue weighted by Crippen LogP contribution is -2.01. The van der Waals surface area contributed by atoms with Crippen molar-refractivity contribution in [3.8, 4) is 0 Å². The third kappa shape index (κ3) is 8.06. The zero-order chi connectivity index (χ0) is 16.4. The first kappa shape index (κ1) is 18.2. The van der Waals surface area contributed by atoms with E-state index in [-0.39, 0.29) is 24.4 Å². The molecular formula is C12H14N2O7. The van der Waals surface area contributed by atoms with Crippen molar-refractivity contribution >= 4 is 11.7 Å². The van der Waals surface area contributed by atoms with Crippen LogP contribution < -0.4 is 0 Å². The third-order valence-corrected chi connectivity index (χ3v) is 2.14. The predicted molar refractivity (Wildman–Crippen MR) is 72.8 cm³/mol. The van der Waals surface area contributed by atoms with Gasteiger partial charge < -0.3 is 10.2 Å². The molecule has 0 bridgehead atoms. The first-order valence-corrected chi connectivity index (χ1v) is 5.64. The lowest BCUT2D eigenvalue weighted by molar-refractivity contribution is -0.470. The van der Waals surface area contributed by atoms with Crippen molar-refractivity contribution in [2.45, 2.75) is 6.92 Å². The minimum absolute atomic E-state index is 0.0422. The minimum Gasteiger partial charge on any atom is -0.478 e. The number of carbonyl (C=O) groups is 1. The van der Waals surface area contributed by atoms with E-state index >= 15 is 0 Å².